The summed E-state index contributed by atoms with van der Waals surface area (Å²) in [5.41, 5.74) is 2.48. The standard InChI is InChI=1S/C18H22O5/c1-6-13-10(3)14-8-9-15(11(4)16(14)23-18(13)20)22-12(5)17(19)21-7-2/h8-9,12H,6-7H2,1-5H3/t12-/m1/s1. The van der Waals surface area contributed by atoms with Crippen molar-refractivity contribution in [1.82, 2.24) is 0 Å². The molecule has 23 heavy (non-hydrogen) atoms. The molecule has 0 saturated heterocycles. The molecule has 0 spiro atoms. The third kappa shape index (κ3) is 3.23. The van der Waals surface area contributed by atoms with Crippen LogP contribution in [-0.4, -0.2) is 18.7 Å². The summed E-state index contributed by atoms with van der Waals surface area (Å²) < 4.78 is 16.1. The number of aryl methyl sites for hydroxylation is 2. The summed E-state index contributed by atoms with van der Waals surface area (Å²) in [7, 11) is 0. The molecule has 0 N–H and O–H groups in total. The van der Waals surface area contributed by atoms with E-state index < -0.39 is 12.1 Å². The topological polar surface area (TPSA) is 65.7 Å². The second kappa shape index (κ2) is 6.86. The fraction of sp³-hybridized carbons (Fsp3) is 0.444. The highest BCUT2D eigenvalue weighted by molar-refractivity contribution is 5.85. The van der Waals surface area contributed by atoms with Crippen LogP contribution in [0.25, 0.3) is 11.0 Å². The summed E-state index contributed by atoms with van der Waals surface area (Å²) in [5, 5.41) is 0.884. The quantitative estimate of drug-likeness (QED) is 0.625. The molecule has 0 fully saturated rings. The molecule has 2 aromatic rings. The minimum absolute atomic E-state index is 0.303. The fourth-order valence-corrected chi connectivity index (χ4v) is 2.61. The third-order valence-corrected chi connectivity index (χ3v) is 3.93. The van der Waals surface area contributed by atoms with Gasteiger partial charge in [-0.25, -0.2) is 9.59 Å². The van der Waals surface area contributed by atoms with E-state index in [9.17, 15) is 9.59 Å². The molecule has 1 aromatic heterocycles. The van der Waals surface area contributed by atoms with Crippen molar-refractivity contribution in [2.45, 2.75) is 47.1 Å². The van der Waals surface area contributed by atoms with Crippen LogP contribution < -0.4 is 10.4 Å². The molecule has 0 unspecified atom stereocenters. The average molecular weight is 318 g/mol. The Morgan fingerprint density at radius 3 is 2.52 bits per heavy atom. The first-order valence-electron chi connectivity index (χ1n) is 7.79. The highest BCUT2D eigenvalue weighted by atomic mass is 16.6. The Morgan fingerprint density at radius 2 is 1.91 bits per heavy atom. The second-order valence-corrected chi connectivity index (χ2v) is 5.42. The van der Waals surface area contributed by atoms with Gasteiger partial charge in [0.15, 0.2) is 6.10 Å². The maximum Gasteiger partial charge on any atom is 0.347 e. The van der Waals surface area contributed by atoms with Gasteiger partial charge in [-0.05, 0) is 51.8 Å². The van der Waals surface area contributed by atoms with E-state index in [2.05, 4.69) is 0 Å². The van der Waals surface area contributed by atoms with Crippen molar-refractivity contribution in [1.29, 1.82) is 0 Å². The number of benzene rings is 1. The van der Waals surface area contributed by atoms with Crippen molar-refractivity contribution in [3.05, 3.63) is 39.2 Å². The van der Waals surface area contributed by atoms with Gasteiger partial charge in [0.25, 0.3) is 0 Å². The van der Waals surface area contributed by atoms with Gasteiger partial charge in [-0.3, -0.25) is 0 Å². The van der Waals surface area contributed by atoms with Gasteiger partial charge in [0.05, 0.1) is 6.61 Å². The molecule has 0 radical (unpaired) electrons. The number of ether oxygens (including phenoxy) is 2. The number of hydrogen-bond acceptors (Lipinski definition) is 5. The molecule has 5 nitrogen and oxygen atoms in total. The number of esters is 1. The fourth-order valence-electron chi connectivity index (χ4n) is 2.61. The monoisotopic (exact) mass is 318 g/mol. The molecule has 1 atom stereocenters. The molecule has 5 heteroatoms. The Bertz CT molecular complexity index is 788. The number of carbonyl (C=O) groups excluding carboxylic acids is 1. The van der Waals surface area contributed by atoms with Crippen LogP contribution in [-0.2, 0) is 16.0 Å². The predicted molar refractivity (Wildman–Crippen MR) is 88.1 cm³/mol. The highest BCUT2D eigenvalue weighted by Gasteiger charge is 2.19. The lowest BCUT2D eigenvalue weighted by Gasteiger charge is -2.16. The Balaban J connectivity index is 2.47. The number of fused-ring (bicyclic) bond motifs is 1. The summed E-state index contributed by atoms with van der Waals surface area (Å²) in [6.07, 6.45) is -0.102. The molecular weight excluding hydrogens is 296 g/mol. The van der Waals surface area contributed by atoms with Crippen LogP contribution >= 0.6 is 0 Å². The summed E-state index contributed by atoms with van der Waals surface area (Å²) in [6.45, 7) is 9.33. The summed E-state index contributed by atoms with van der Waals surface area (Å²) in [4.78, 5) is 23.8. The molecule has 0 amide bonds. The molecule has 124 valence electrons. The maximum atomic E-state index is 12.1. The normalized spacial score (nSPS) is 12.2. The van der Waals surface area contributed by atoms with Crippen LogP contribution in [0, 0.1) is 13.8 Å². The lowest BCUT2D eigenvalue weighted by molar-refractivity contribution is -0.150. The van der Waals surface area contributed by atoms with Crippen molar-refractivity contribution in [2.24, 2.45) is 0 Å². The molecule has 1 aromatic carbocycles. The minimum Gasteiger partial charge on any atom is -0.479 e. The van der Waals surface area contributed by atoms with E-state index in [1.807, 2.05) is 26.8 Å². The van der Waals surface area contributed by atoms with Gasteiger partial charge in [-0.2, -0.15) is 0 Å². The first-order chi connectivity index (χ1) is 10.9. The lowest BCUT2D eigenvalue weighted by atomic mass is 10.0. The molecule has 1 heterocycles. The zero-order valence-corrected chi connectivity index (χ0v) is 14.2. The van der Waals surface area contributed by atoms with E-state index in [4.69, 9.17) is 13.9 Å². The van der Waals surface area contributed by atoms with Crippen LogP contribution in [0.3, 0.4) is 0 Å². The molecule has 0 aliphatic rings. The summed E-state index contributed by atoms with van der Waals surface area (Å²) in [5.74, 6) is 0.0795. The molecule has 0 aliphatic carbocycles. The van der Waals surface area contributed by atoms with Gasteiger partial charge in [-0.1, -0.05) is 6.92 Å². The van der Waals surface area contributed by atoms with Crippen molar-refractivity contribution >= 4 is 16.9 Å². The lowest BCUT2D eigenvalue weighted by Crippen LogP contribution is -2.26. The second-order valence-electron chi connectivity index (χ2n) is 5.42. The number of rotatable bonds is 5. The zero-order valence-electron chi connectivity index (χ0n) is 14.2. The Kier molecular flexibility index (Phi) is 5.08. The Labute approximate surface area is 135 Å². The van der Waals surface area contributed by atoms with Crippen molar-refractivity contribution in [2.75, 3.05) is 6.61 Å². The van der Waals surface area contributed by atoms with Gasteiger partial charge in [0.2, 0.25) is 0 Å². The van der Waals surface area contributed by atoms with Crippen LogP contribution in [0.15, 0.2) is 21.3 Å². The van der Waals surface area contributed by atoms with Gasteiger partial charge >= 0.3 is 11.6 Å². The van der Waals surface area contributed by atoms with Gasteiger partial charge in [0.1, 0.15) is 11.3 Å². The van der Waals surface area contributed by atoms with Gasteiger partial charge in [-0.15, -0.1) is 0 Å². The maximum absolute atomic E-state index is 12.1. The van der Waals surface area contributed by atoms with E-state index >= 15 is 0 Å². The largest absolute Gasteiger partial charge is 0.479 e. The first kappa shape index (κ1) is 17.1. The van der Waals surface area contributed by atoms with Crippen LogP contribution in [0.4, 0.5) is 0 Å². The highest BCUT2D eigenvalue weighted by Crippen LogP contribution is 2.30. The van der Waals surface area contributed by atoms with E-state index in [0.29, 0.717) is 35.5 Å². The number of hydrogen-bond donors (Lipinski definition) is 0. The predicted octanol–water partition coefficient (Wildman–Crippen LogP) is 3.30. The Hall–Kier alpha value is -2.30. The van der Waals surface area contributed by atoms with E-state index in [1.54, 1.807) is 19.9 Å². The minimum atomic E-state index is -0.728. The van der Waals surface area contributed by atoms with Crippen LogP contribution in [0.1, 0.15) is 37.5 Å². The molecule has 0 bridgehead atoms. The van der Waals surface area contributed by atoms with Crippen molar-refractivity contribution in [3.8, 4) is 5.75 Å². The van der Waals surface area contributed by atoms with E-state index in [-0.39, 0.29) is 5.63 Å². The van der Waals surface area contributed by atoms with Crippen molar-refractivity contribution in [3.63, 3.8) is 0 Å². The average Bonchev–Trinajstić information content (AvgIpc) is 2.51. The van der Waals surface area contributed by atoms with Crippen LogP contribution in [0.2, 0.25) is 0 Å². The van der Waals surface area contributed by atoms with E-state index in [1.165, 1.54) is 0 Å². The summed E-state index contributed by atoms with van der Waals surface area (Å²) in [6, 6.07) is 3.65. The smallest absolute Gasteiger partial charge is 0.347 e. The SMILES string of the molecule is CCOC(=O)[C@@H](C)Oc1ccc2c(C)c(CC)c(=O)oc2c1C. The van der Waals surface area contributed by atoms with Crippen molar-refractivity contribution < 1.29 is 18.7 Å². The third-order valence-electron chi connectivity index (χ3n) is 3.93. The molecule has 0 aliphatic heterocycles. The van der Waals surface area contributed by atoms with E-state index in [0.717, 1.165) is 10.9 Å². The molecular formula is C18H22O5. The summed E-state index contributed by atoms with van der Waals surface area (Å²) >= 11 is 0. The van der Waals surface area contributed by atoms with Gasteiger partial charge < -0.3 is 13.9 Å². The molecule has 2 rings (SSSR count). The van der Waals surface area contributed by atoms with Crippen LogP contribution in [0.5, 0.6) is 5.75 Å². The number of carbonyl (C=O) groups is 1. The zero-order chi connectivity index (χ0) is 17.1. The Morgan fingerprint density at radius 1 is 1.22 bits per heavy atom. The molecule has 0 saturated carbocycles. The first-order valence-corrected chi connectivity index (χ1v) is 7.79. The van der Waals surface area contributed by atoms with Gasteiger partial charge in [0, 0.05) is 16.5 Å².